The molecule has 1 aromatic heterocycles. The average Bonchev–Trinajstić information content (AvgIpc) is 2.60. The van der Waals surface area contributed by atoms with Gasteiger partial charge in [0.1, 0.15) is 11.4 Å². The molecule has 0 saturated heterocycles. The van der Waals surface area contributed by atoms with Crippen molar-refractivity contribution in [1.29, 1.82) is 0 Å². The van der Waals surface area contributed by atoms with Gasteiger partial charge in [0.25, 0.3) is 5.91 Å². The number of rotatable bonds is 3. The standard InChI is InChI=1S/C15H13ClN2O2/c16-8-4-10-18-12-6-3-9-17-14(12)20-13-7-2-1-5-11(13)15(18)19/h1-3,5-7,9H,4,8,10H2. The molecule has 0 bridgehead atoms. The maximum atomic E-state index is 12.7. The summed E-state index contributed by atoms with van der Waals surface area (Å²) in [6.45, 7) is 0.540. The maximum absolute atomic E-state index is 12.7. The molecule has 0 unspecified atom stereocenters. The molecular weight excluding hydrogens is 276 g/mol. The fourth-order valence-electron chi connectivity index (χ4n) is 2.20. The molecule has 0 N–H and O–H groups in total. The van der Waals surface area contributed by atoms with Gasteiger partial charge >= 0.3 is 0 Å². The summed E-state index contributed by atoms with van der Waals surface area (Å²) >= 11 is 5.75. The Hall–Kier alpha value is -2.07. The van der Waals surface area contributed by atoms with Crippen LogP contribution in [-0.2, 0) is 0 Å². The van der Waals surface area contributed by atoms with Crippen LogP contribution in [-0.4, -0.2) is 23.3 Å². The second kappa shape index (κ2) is 5.51. The molecule has 5 heteroatoms. The quantitative estimate of drug-likeness (QED) is 0.812. The largest absolute Gasteiger partial charge is 0.436 e. The lowest BCUT2D eigenvalue weighted by Crippen LogP contribution is -2.31. The van der Waals surface area contributed by atoms with Crippen LogP contribution >= 0.6 is 11.6 Å². The summed E-state index contributed by atoms with van der Waals surface area (Å²) in [5, 5.41) is 0. The molecule has 0 saturated carbocycles. The highest BCUT2D eigenvalue weighted by Gasteiger charge is 2.28. The number of halogens is 1. The molecule has 0 radical (unpaired) electrons. The van der Waals surface area contributed by atoms with Gasteiger partial charge in [0.15, 0.2) is 0 Å². The van der Waals surface area contributed by atoms with E-state index in [4.69, 9.17) is 16.3 Å². The van der Waals surface area contributed by atoms with Gasteiger partial charge in [-0.1, -0.05) is 12.1 Å². The number of hydrogen-bond donors (Lipinski definition) is 0. The number of nitrogens with zero attached hydrogens (tertiary/aromatic N) is 2. The molecule has 0 spiro atoms. The van der Waals surface area contributed by atoms with Crippen molar-refractivity contribution in [3.05, 3.63) is 48.2 Å². The number of carbonyl (C=O) groups excluding carboxylic acids is 1. The number of ether oxygens (including phenoxy) is 1. The highest BCUT2D eigenvalue weighted by molar-refractivity contribution is 6.18. The molecule has 0 atom stereocenters. The highest BCUT2D eigenvalue weighted by Crippen LogP contribution is 2.36. The summed E-state index contributed by atoms with van der Waals surface area (Å²) < 4.78 is 5.78. The molecule has 1 aliphatic heterocycles. The van der Waals surface area contributed by atoms with Gasteiger partial charge in [-0.05, 0) is 30.7 Å². The second-order valence-electron chi connectivity index (χ2n) is 4.43. The van der Waals surface area contributed by atoms with Crippen LogP contribution in [0.2, 0.25) is 0 Å². The first-order valence-corrected chi connectivity index (χ1v) is 6.94. The van der Waals surface area contributed by atoms with Crippen molar-refractivity contribution in [2.24, 2.45) is 0 Å². The Balaban J connectivity index is 2.11. The van der Waals surface area contributed by atoms with Crippen LogP contribution in [0.1, 0.15) is 16.8 Å². The number of fused-ring (bicyclic) bond motifs is 2. The first-order valence-electron chi connectivity index (χ1n) is 6.41. The van der Waals surface area contributed by atoms with Gasteiger partial charge in [-0.3, -0.25) is 4.79 Å². The lowest BCUT2D eigenvalue weighted by molar-refractivity contribution is 0.0987. The first kappa shape index (κ1) is 12.9. The van der Waals surface area contributed by atoms with E-state index in [0.717, 1.165) is 0 Å². The van der Waals surface area contributed by atoms with Crippen LogP contribution in [0.15, 0.2) is 42.6 Å². The number of aromatic nitrogens is 1. The molecule has 1 amide bonds. The van der Waals surface area contributed by atoms with Crippen molar-refractivity contribution in [3.8, 4) is 11.6 Å². The van der Waals surface area contributed by atoms with Gasteiger partial charge in [0.05, 0.1) is 5.56 Å². The zero-order chi connectivity index (χ0) is 13.9. The number of carbonyl (C=O) groups is 1. The topological polar surface area (TPSA) is 42.4 Å². The molecule has 1 aromatic carbocycles. The molecular formula is C15H13ClN2O2. The molecule has 4 nitrogen and oxygen atoms in total. The van der Waals surface area contributed by atoms with E-state index < -0.39 is 0 Å². The third-order valence-corrected chi connectivity index (χ3v) is 3.39. The molecule has 2 aromatic rings. The van der Waals surface area contributed by atoms with Gasteiger partial charge in [-0.2, -0.15) is 0 Å². The number of amides is 1. The van der Waals surface area contributed by atoms with E-state index in [-0.39, 0.29) is 5.91 Å². The Morgan fingerprint density at radius 1 is 1.20 bits per heavy atom. The predicted octanol–water partition coefficient (Wildman–Crippen LogP) is 3.46. The van der Waals surface area contributed by atoms with E-state index in [1.54, 1.807) is 29.3 Å². The molecule has 3 rings (SSSR count). The molecule has 0 aliphatic carbocycles. The van der Waals surface area contributed by atoms with Crippen LogP contribution < -0.4 is 9.64 Å². The lowest BCUT2D eigenvalue weighted by Gasteiger charge is -2.20. The van der Waals surface area contributed by atoms with Crippen molar-refractivity contribution in [2.45, 2.75) is 6.42 Å². The number of para-hydroxylation sites is 1. The fraction of sp³-hybridized carbons (Fsp3) is 0.200. The Bertz CT molecular complexity index is 645. The number of anilines is 1. The fourth-order valence-corrected chi connectivity index (χ4v) is 2.32. The monoisotopic (exact) mass is 288 g/mol. The van der Waals surface area contributed by atoms with Crippen molar-refractivity contribution < 1.29 is 9.53 Å². The van der Waals surface area contributed by atoms with Crippen LogP contribution in [0.3, 0.4) is 0 Å². The SMILES string of the molecule is O=C1c2ccccc2Oc2ncccc2N1CCCCl. The Labute approximate surface area is 122 Å². The highest BCUT2D eigenvalue weighted by atomic mass is 35.5. The zero-order valence-electron chi connectivity index (χ0n) is 10.8. The van der Waals surface area contributed by atoms with Gasteiger partial charge in [0.2, 0.25) is 5.88 Å². The van der Waals surface area contributed by atoms with Crippen molar-refractivity contribution in [3.63, 3.8) is 0 Å². The van der Waals surface area contributed by atoms with Gasteiger partial charge in [-0.25, -0.2) is 4.98 Å². The van der Waals surface area contributed by atoms with Gasteiger partial charge in [-0.15, -0.1) is 11.6 Å². The first-order chi connectivity index (χ1) is 9.81. The van der Waals surface area contributed by atoms with E-state index in [0.29, 0.717) is 41.7 Å². The smallest absolute Gasteiger partial charge is 0.262 e. The summed E-state index contributed by atoms with van der Waals surface area (Å²) in [5.41, 5.74) is 1.22. The average molecular weight is 289 g/mol. The van der Waals surface area contributed by atoms with E-state index >= 15 is 0 Å². The van der Waals surface area contributed by atoms with Gasteiger partial charge in [0, 0.05) is 18.6 Å². The molecule has 102 valence electrons. The number of hydrogen-bond acceptors (Lipinski definition) is 3. The molecule has 0 fully saturated rings. The normalized spacial score (nSPS) is 13.2. The predicted molar refractivity (Wildman–Crippen MR) is 77.8 cm³/mol. The van der Waals surface area contributed by atoms with E-state index in [1.807, 2.05) is 18.2 Å². The van der Waals surface area contributed by atoms with Crippen LogP contribution in [0.4, 0.5) is 5.69 Å². The molecule has 1 aliphatic rings. The summed E-state index contributed by atoms with van der Waals surface area (Å²) in [6.07, 6.45) is 2.36. The van der Waals surface area contributed by atoms with E-state index in [2.05, 4.69) is 4.98 Å². The third kappa shape index (κ3) is 2.23. The van der Waals surface area contributed by atoms with Crippen molar-refractivity contribution in [1.82, 2.24) is 4.98 Å². The minimum absolute atomic E-state index is 0.0857. The summed E-state index contributed by atoms with van der Waals surface area (Å²) in [6, 6.07) is 10.8. The van der Waals surface area contributed by atoms with Crippen molar-refractivity contribution in [2.75, 3.05) is 17.3 Å². The Morgan fingerprint density at radius 2 is 2.05 bits per heavy atom. The Morgan fingerprint density at radius 3 is 2.90 bits per heavy atom. The molecule has 2 heterocycles. The second-order valence-corrected chi connectivity index (χ2v) is 4.80. The number of pyridine rings is 1. The minimum Gasteiger partial charge on any atom is -0.436 e. The van der Waals surface area contributed by atoms with Crippen LogP contribution in [0, 0.1) is 0 Å². The summed E-state index contributed by atoms with van der Waals surface area (Å²) in [7, 11) is 0. The van der Waals surface area contributed by atoms with Crippen molar-refractivity contribution >= 4 is 23.2 Å². The lowest BCUT2D eigenvalue weighted by atomic mass is 10.1. The van der Waals surface area contributed by atoms with E-state index in [9.17, 15) is 4.79 Å². The molecule has 20 heavy (non-hydrogen) atoms. The number of alkyl halides is 1. The summed E-state index contributed by atoms with van der Waals surface area (Å²) in [4.78, 5) is 18.6. The maximum Gasteiger partial charge on any atom is 0.262 e. The van der Waals surface area contributed by atoms with Crippen LogP contribution in [0.25, 0.3) is 0 Å². The van der Waals surface area contributed by atoms with Crippen LogP contribution in [0.5, 0.6) is 11.6 Å². The van der Waals surface area contributed by atoms with E-state index in [1.165, 1.54) is 0 Å². The Kier molecular flexibility index (Phi) is 3.56. The van der Waals surface area contributed by atoms with Gasteiger partial charge < -0.3 is 9.64 Å². The minimum atomic E-state index is -0.0857. The third-order valence-electron chi connectivity index (χ3n) is 3.13. The summed E-state index contributed by atoms with van der Waals surface area (Å²) in [5.74, 6) is 1.39. The number of benzene rings is 1. The zero-order valence-corrected chi connectivity index (χ0v) is 11.5.